The molecule has 0 aliphatic heterocycles. The highest BCUT2D eigenvalue weighted by molar-refractivity contribution is 9.10. The number of benzene rings is 2. The average Bonchev–Trinajstić information content (AvgIpc) is 2.64. The maximum absolute atomic E-state index is 12.9. The number of nitrogens with zero attached hydrogens (tertiary/aromatic N) is 3. The Hall–Kier alpha value is -2.51. The van der Waals surface area contributed by atoms with E-state index in [1.807, 2.05) is 19.1 Å². The van der Waals surface area contributed by atoms with Gasteiger partial charge in [-0.3, -0.25) is 9.59 Å². The number of rotatable bonds is 5. The molecule has 1 heterocycles. The second kappa shape index (κ2) is 8.67. The molecule has 0 N–H and O–H groups in total. The molecule has 0 atom stereocenters. The smallest absolute Gasteiger partial charge is 0.308 e. The van der Waals surface area contributed by atoms with E-state index in [1.165, 1.54) is 17.8 Å². The summed E-state index contributed by atoms with van der Waals surface area (Å²) in [5.41, 5.74) is 1.05. The van der Waals surface area contributed by atoms with Gasteiger partial charge in [0.1, 0.15) is 11.6 Å². The third kappa shape index (κ3) is 4.48. The lowest BCUT2D eigenvalue weighted by Crippen LogP contribution is -2.22. The summed E-state index contributed by atoms with van der Waals surface area (Å²) < 4.78 is 7.12. The van der Waals surface area contributed by atoms with E-state index in [0.29, 0.717) is 28.7 Å². The predicted molar refractivity (Wildman–Crippen MR) is 113 cm³/mol. The van der Waals surface area contributed by atoms with Crippen LogP contribution in [0.5, 0.6) is 5.75 Å². The Labute approximate surface area is 174 Å². The first-order chi connectivity index (χ1) is 13.4. The summed E-state index contributed by atoms with van der Waals surface area (Å²) in [4.78, 5) is 28.6. The number of halogens is 2. The van der Waals surface area contributed by atoms with Gasteiger partial charge < -0.3 is 4.74 Å². The van der Waals surface area contributed by atoms with Gasteiger partial charge in [-0.1, -0.05) is 34.5 Å². The lowest BCUT2D eigenvalue weighted by atomic mass is 10.2. The summed E-state index contributed by atoms with van der Waals surface area (Å²) >= 11 is 9.52. The Bertz CT molecular complexity index is 1140. The fourth-order valence-electron chi connectivity index (χ4n) is 2.66. The molecule has 0 bridgehead atoms. The van der Waals surface area contributed by atoms with E-state index in [1.54, 1.807) is 24.3 Å². The summed E-state index contributed by atoms with van der Waals surface area (Å²) in [5.74, 6) is 0.404. The van der Waals surface area contributed by atoms with Crippen LogP contribution < -0.4 is 10.3 Å². The van der Waals surface area contributed by atoms with Crippen molar-refractivity contribution in [3.63, 3.8) is 0 Å². The van der Waals surface area contributed by atoms with Crippen molar-refractivity contribution in [1.29, 1.82) is 0 Å². The van der Waals surface area contributed by atoms with Gasteiger partial charge >= 0.3 is 5.97 Å². The first-order valence-electron chi connectivity index (χ1n) is 8.62. The van der Waals surface area contributed by atoms with Gasteiger partial charge in [0.2, 0.25) is 0 Å². The average molecular weight is 463 g/mol. The number of fused-ring (bicyclic) bond motifs is 1. The van der Waals surface area contributed by atoms with Crippen molar-refractivity contribution in [2.45, 2.75) is 26.7 Å². The monoisotopic (exact) mass is 461 g/mol. The quantitative estimate of drug-likeness (QED) is 0.316. The molecule has 0 aliphatic rings. The van der Waals surface area contributed by atoms with Crippen LogP contribution in [0.3, 0.4) is 0 Å². The van der Waals surface area contributed by atoms with Crippen molar-refractivity contribution in [2.75, 3.05) is 0 Å². The van der Waals surface area contributed by atoms with Crippen LogP contribution in [-0.2, 0) is 11.2 Å². The molecule has 0 amide bonds. The highest BCUT2D eigenvalue weighted by Gasteiger charge is 2.11. The fourth-order valence-corrected chi connectivity index (χ4v) is 3.25. The molecule has 2 aromatic carbocycles. The first-order valence-corrected chi connectivity index (χ1v) is 9.79. The lowest BCUT2D eigenvalue weighted by Gasteiger charge is -2.09. The number of aryl methyl sites for hydroxylation is 1. The molecule has 6 nitrogen and oxygen atoms in total. The summed E-state index contributed by atoms with van der Waals surface area (Å²) in [5, 5.41) is 5.10. The van der Waals surface area contributed by atoms with Crippen molar-refractivity contribution in [3.8, 4) is 5.75 Å². The second-order valence-electron chi connectivity index (χ2n) is 6.08. The molecule has 144 valence electrons. The molecule has 0 spiro atoms. The topological polar surface area (TPSA) is 73.6 Å². The standard InChI is InChI=1S/C20H17BrClN3O3/c1-3-4-19-24-17-7-6-14(21)10-15(17)20(27)25(19)23-11-13-5-8-18(16(22)9-13)28-12(2)26/h5-11H,3-4H2,1-2H3. The molecule has 0 unspecified atom stereocenters. The number of carbonyl (C=O) groups is 1. The van der Waals surface area contributed by atoms with E-state index in [4.69, 9.17) is 16.3 Å². The molecule has 0 aliphatic carbocycles. The zero-order chi connectivity index (χ0) is 20.3. The Kier molecular flexibility index (Phi) is 6.26. The zero-order valence-corrected chi connectivity index (χ0v) is 17.6. The van der Waals surface area contributed by atoms with Crippen molar-refractivity contribution in [3.05, 3.63) is 67.6 Å². The summed E-state index contributed by atoms with van der Waals surface area (Å²) in [6, 6.07) is 10.3. The molecule has 1 aromatic heterocycles. The molecule has 0 fully saturated rings. The van der Waals surface area contributed by atoms with E-state index >= 15 is 0 Å². The lowest BCUT2D eigenvalue weighted by molar-refractivity contribution is -0.131. The Morgan fingerprint density at radius 2 is 2.11 bits per heavy atom. The van der Waals surface area contributed by atoms with Crippen LogP contribution in [0.25, 0.3) is 10.9 Å². The minimum Gasteiger partial charge on any atom is -0.425 e. The highest BCUT2D eigenvalue weighted by Crippen LogP contribution is 2.25. The van der Waals surface area contributed by atoms with Crippen molar-refractivity contribution < 1.29 is 9.53 Å². The SMILES string of the molecule is CCCc1nc2ccc(Br)cc2c(=O)n1N=Cc1ccc(OC(C)=O)c(Cl)c1. The first kappa shape index (κ1) is 20.2. The van der Waals surface area contributed by atoms with E-state index in [-0.39, 0.29) is 16.3 Å². The van der Waals surface area contributed by atoms with Crippen LogP contribution in [0, 0.1) is 0 Å². The van der Waals surface area contributed by atoms with E-state index in [2.05, 4.69) is 26.0 Å². The van der Waals surface area contributed by atoms with Gasteiger partial charge in [-0.2, -0.15) is 9.78 Å². The van der Waals surface area contributed by atoms with Crippen LogP contribution in [0.15, 0.2) is 50.8 Å². The molecular weight excluding hydrogens is 446 g/mol. The molecule has 0 saturated carbocycles. The van der Waals surface area contributed by atoms with E-state index < -0.39 is 5.97 Å². The fraction of sp³-hybridized carbons (Fsp3) is 0.200. The zero-order valence-electron chi connectivity index (χ0n) is 15.3. The van der Waals surface area contributed by atoms with Crippen molar-refractivity contribution in [2.24, 2.45) is 5.10 Å². The summed E-state index contributed by atoms with van der Waals surface area (Å²) in [6.07, 6.45) is 2.97. The Morgan fingerprint density at radius 3 is 2.79 bits per heavy atom. The van der Waals surface area contributed by atoms with Gasteiger partial charge in [-0.25, -0.2) is 4.98 Å². The molecular formula is C20H17BrClN3O3. The predicted octanol–water partition coefficient (Wildman–Crippen LogP) is 4.57. The molecule has 0 saturated heterocycles. The van der Waals surface area contributed by atoms with Gasteiger partial charge in [-0.15, -0.1) is 0 Å². The third-order valence-electron chi connectivity index (χ3n) is 3.88. The number of carbonyl (C=O) groups excluding carboxylic acids is 1. The minimum absolute atomic E-state index is 0.242. The van der Waals surface area contributed by atoms with Crippen molar-refractivity contribution in [1.82, 2.24) is 9.66 Å². The molecule has 3 aromatic rings. The van der Waals surface area contributed by atoms with Crippen LogP contribution in [0.4, 0.5) is 0 Å². The molecule has 0 radical (unpaired) electrons. The van der Waals surface area contributed by atoms with Crippen LogP contribution >= 0.6 is 27.5 Å². The molecule has 28 heavy (non-hydrogen) atoms. The van der Waals surface area contributed by atoms with Gasteiger partial charge in [0.15, 0.2) is 0 Å². The number of aromatic nitrogens is 2. The number of ether oxygens (including phenoxy) is 1. The van der Waals surface area contributed by atoms with Crippen LogP contribution in [0.1, 0.15) is 31.7 Å². The maximum Gasteiger partial charge on any atom is 0.308 e. The molecule has 3 rings (SSSR count). The number of esters is 1. The summed E-state index contributed by atoms with van der Waals surface area (Å²) in [7, 11) is 0. The maximum atomic E-state index is 12.9. The second-order valence-corrected chi connectivity index (χ2v) is 7.41. The highest BCUT2D eigenvalue weighted by atomic mass is 79.9. The van der Waals surface area contributed by atoms with E-state index in [9.17, 15) is 9.59 Å². The van der Waals surface area contributed by atoms with Crippen LogP contribution in [0.2, 0.25) is 5.02 Å². The van der Waals surface area contributed by atoms with Crippen molar-refractivity contribution >= 4 is 50.6 Å². The van der Waals surface area contributed by atoms with Gasteiger partial charge in [0, 0.05) is 17.8 Å². The third-order valence-corrected chi connectivity index (χ3v) is 4.67. The van der Waals surface area contributed by atoms with E-state index in [0.717, 1.165) is 10.9 Å². The number of hydrogen-bond acceptors (Lipinski definition) is 5. The Morgan fingerprint density at radius 1 is 1.32 bits per heavy atom. The normalized spacial score (nSPS) is 11.3. The van der Waals surface area contributed by atoms with Gasteiger partial charge in [-0.05, 0) is 48.4 Å². The van der Waals surface area contributed by atoms with Crippen LogP contribution in [-0.4, -0.2) is 21.8 Å². The van der Waals surface area contributed by atoms with Gasteiger partial charge in [0.25, 0.3) is 5.56 Å². The summed E-state index contributed by atoms with van der Waals surface area (Å²) in [6.45, 7) is 3.32. The Balaban J connectivity index is 2.04. The minimum atomic E-state index is -0.451. The number of hydrogen-bond donors (Lipinski definition) is 0. The molecule has 8 heteroatoms. The largest absolute Gasteiger partial charge is 0.425 e. The van der Waals surface area contributed by atoms with Gasteiger partial charge in [0.05, 0.1) is 22.1 Å².